The van der Waals surface area contributed by atoms with Gasteiger partial charge in [-0.1, -0.05) is 22.0 Å². The van der Waals surface area contributed by atoms with E-state index in [1.165, 1.54) is 0 Å². The van der Waals surface area contributed by atoms with E-state index < -0.39 is 11.9 Å². The summed E-state index contributed by atoms with van der Waals surface area (Å²) in [6.45, 7) is 1.33. The van der Waals surface area contributed by atoms with Crippen LogP contribution >= 0.6 is 15.9 Å². The smallest absolute Gasteiger partial charge is 0.242 e. The fourth-order valence-electron chi connectivity index (χ4n) is 2.07. The summed E-state index contributed by atoms with van der Waals surface area (Å²) in [5, 5.41) is 9.38. The van der Waals surface area contributed by atoms with Gasteiger partial charge in [-0.2, -0.15) is 0 Å². The second-order valence-corrected chi connectivity index (χ2v) is 5.03. The highest BCUT2D eigenvalue weighted by Gasteiger charge is 2.29. The number of halogens is 1. The maximum absolute atomic E-state index is 11.4. The van der Waals surface area contributed by atoms with Crippen LogP contribution < -0.4 is 10.6 Å². The average Bonchev–Trinajstić information content (AvgIpc) is 2.38. The van der Waals surface area contributed by atoms with Gasteiger partial charge in [0.05, 0.1) is 19.8 Å². The Morgan fingerprint density at radius 3 is 3.06 bits per heavy atom. The summed E-state index contributed by atoms with van der Waals surface area (Å²) >= 11 is 3.39. The van der Waals surface area contributed by atoms with Crippen molar-refractivity contribution in [3.63, 3.8) is 0 Å². The minimum Gasteiger partial charge on any atom is -0.392 e. The molecule has 1 aliphatic heterocycles. The molecule has 18 heavy (non-hydrogen) atoms. The number of nitrogens with two attached hydrogens (primary N) is 1. The zero-order valence-electron chi connectivity index (χ0n) is 9.80. The molecule has 3 N–H and O–H groups in total. The van der Waals surface area contributed by atoms with E-state index in [0.717, 1.165) is 15.7 Å². The van der Waals surface area contributed by atoms with Crippen molar-refractivity contribution in [1.29, 1.82) is 0 Å². The van der Waals surface area contributed by atoms with Crippen molar-refractivity contribution in [1.82, 2.24) is 0 Å². The maximum atomic E-state index is 11.4. The van der Waals surface area contributed by atoms with Gasteiger partial charge in [-0.3, -0.25) is 4.79 Å². The van der Waals surface area contributed by atoms with Gasteiger partial charge in [-0.05, 0) is 12.1 Å². The molecule has 1 atom stereocenters. The minimum absolute atomic E-state index is 0.0779. The molecule has 0 bridgehead atoms. The van der Waals surface area contributed by atoms with Crippen molar-refractivity contribution in [3.05, 3.63) is 28.2 Å². The molecule has 5 nitrogen and oxygen atoms in total. The van der Waals surface area contributed by atoms with Crippen molar-refractivity contribution in [2.45, 2.75) is 12.6 Å². The van der Waals surface area contributed by atoms with E-state index in [4.69, 9.17) is 10.5 Å². The normalized spacial score (nSPS) is 19.9. The highest BCUT2D eigenvalue weighted by Crippen LogP contribution is 2.28. The lowest BCUT2D eigenvalue weighted by atomic mass is 10.1. The summed E-state index contributed by atoms with van der Waals surface area (Å²) in [5.41, 5.74) is 6.98. The lowest BCUT2D eigenvalue weighted by Crippen LogP contribution is -2.53. The zero-order valence-corrected chi connectivity index (χ0v) is 11.4. The van der Waals surface area contributed by atoms with Gasteiger partial charge < -0.3 is 20.5 Å². The number of carbonyl (C=O) groups excluding carboxylic acids is 1. The third kappa shape index (κ3) is 2.66. The number of aliphatic hydroxyl groups is 1. The number of benzene rings is 1. The molecule has 0 radical (unpaired) electrons. The highest BCUT2D eigenvalue weighted by molar-refractivity contribution is 9.10. The maximum Gasteiger partial charge on any atom is 0.242 e. The molecule has 1 amide bonds. The van der Waals surface area contributed by atoms with Crippen LogP contribution in [0.25, 0.3) is 0 Å². The monoisotopic (exact) mass is 314 g/mol. The van der Waals surface area contributed by atoms with Gasteiger partial charge in [0.1, 0.15) is 6.04 Å². The summed E-state index contributed by atoms with van der Waals surface area (Å²) in [4.78, 5) is 13.3. The molecule has 98 valence electrons. The first-order chi connectivity index (χ1) is 8.63. The molecule has 1 heterocycles. The number of rotatable bonds is 3. The Kier molecular flexibility index (Phi) is 4.21. The predicted octanol–water partition coefficient (Wildman–Crippen LogP) is 0.632. The number of ether oxygens (including phenoxy) is 1. The Balaban J connectivity index is 2.38. The standard InChI is InChI=1S/C12H15BrN2O3/c13-9-2-1-8(6-16)10(5-9)15-3-4-18-7-11(15)12(14)17/h1-2,5,11,16H,3-4,6-7H2,(H2,14,17). The van der Waals surface area contributed by atoms with Crippen molar-refractivity contribution < 1.29 is 14.6 Å². The van der Waals surface area contributed by atoms with E-state index in [1.54, 1.807) is 0 Å². The molecule has 0 aromatic heterocycles. The van der Waals surface area contributed by atoms with Gasteiger partial charge in [0.2, 0.25) is 5.91 Å². The molecule has 2 rings (SSSR count). The van der Waals surface area contributed by atoms with Crippen LogP contribution in [0.4, 0.5) is 5.69 Å². The number of primary amides is 1. The van der Waals surface area contributed by atoms with Crippen LogP contribution in [0.2, 0.25) is 0 Å². The second-order valence-electron chi connectivity index (χ2n) is 4.12. The number of amides is 1. The van der Waals surface area contributed by atoms with E-state index in [0.29, 0.717) is 13.2 Å². The molecule has 0 spiro atoms. The molecule has 1 unspecified atom stereocenters. The van der Waals surface area contributed by atoms with Crippen molar-refractivity contribution in [3.8, 4) is 0 Å². The van der Waals surface area contributed by atoms with Crippen molar-refractivity contribution in [2.75, 3.05) is 24.7 Å². The fraction of sp³-hybridized carbons (Fsp3) is 0.417. The predicted molar refractivity (Wildman–Crippen MR) is 71.2 cm³/mol. The lowest BCUT2D eigenvalue weighted by molar-refractivity contribution is -0.121. The number of aliphatic hydroxyl groups excluding tert-OH is 1. The van der Waals surface area contributed by atoms with Gasteiger partial charge in [0, 0.05) is 22.3 Å². The third-order valence-corrected chi connectivity index (χ3v) is 3.48. The van der Waals surface area contributed by atoms with Gasteiger partial charge in [-0.15, -0.1) is 0 Å². The molecular formula is C12H15BrN2O3. The molecule has 0 saturated carbocycles. The SMILES string of the molecule is NC(=O)C1COCCN1c1cc(Br)ccc1CO. The van der Waals surface area contributed by atoms with Crippen LogP contribution in [0.15, 0.2) is 22.7 Å². The fourth-order valence-corrected chi connectivity index (χ4v) is 2.41. The average molecular weight is 315 g/mol. The topological polar surface area (TPSA) is 75.8 Å². The Hall–Kier alpha value is -1.11. The first kappa shape index (κ1) is 13.3. The summed E-state index contributed by atoms with van der Waals surface area (Å²) in [5.74, 6) is -0.418. The number of morpholine rings is 1. The number of carbonyl (C=O) groups is 1. The van der Waals surface area contributed by atoms with Gasteiger partial charge in [0.15, 0.2) is 0 Å². The zero-order chi connectivity index (χ0) is 13.1. The van der Waals surface area contributed by atoms with Crippen LogP contribution in [0.1, 0.15) is 5.56 Å². The largest absolute Gasteiger partial charge is 0.392 e. The van der Waals surface area contributed by atoms with Crippen molar-refractivity contribution >= 4 is 27.5 Å². The molecule has 1 aromatic carbocycles. The Labute approximate surface area is 114 Å². The number of nitrogens with zero attached hydrogens (tertiary/aromatic N) is 1. The Morgan fingerprint density at radius 2 is 2.39 bits per heavy atom. The Bertz CT molecular complexity index is 453. The van der Waals surface area contributed by atoms with Crippen molar-refractivity contribution in [2.24, 2.45) is 5.73 Å². The minimum atomic E-state index is -0.488. The van der Waals surface area contributed by atoms with Crippen LogP contribution in [0.5, 0.6) is 0 Å². The first-order valence-electron chi connectivity index (χ1n) is 5.66. The van der Waals surface area contributed by atoms with E-state index in [-0.39, 0.29) is 13.2 Å². The van der Waals surface area contributed by atoms with Crippen LogP contribution in [-0.4, -0.2) is 36.8 Å². The molecule has 1 aliphatic rings. The van der Waals surface area contributed by atoms with E-state index >= 15 is 0 Å². The third-order valence-electron chi connectivity index (χ3n) is 2.98. The Morgan fingerprint density at radius 1 is 1.61 bits per heavy atom. The second kappa shape index (κ2) is 5.69. The summed E-state index contributed by atoms with van der Waals surface area (Å²) < 4.78 is 6.18. The quantitative estimate of drug-likeness (QED) is 0.858. The molecular weight excluding hydrogens is 300 g/mol. The molecule has 1 saturated heterocycles. The summed E-state index contributed by atoms with van der Waals surface area (Å²) in [6.07, 6.45) is 0. The van der Waals surface area contributed by atoms with E-state index in [2.05, 4.69) is 15.9 Å². The first-order valence-corrected chi connectivity index (χ1v) is 6.45. The van der Waals surface area contributed by atoms with Gasteiger partial charge in [-0.25, -0.2) is 0 Å². The summed E-state index contributed by atoms with van der Waals surface area (Å²) in [7, 11) is 0. The number of anilines is 1. The van der Waals surface area contributed by atoms with E-state index in [9.17, 15) is 9.90 Å². The van der Waals surface area contributed by atoms with Crippen LogP contribution in [0.3, 0.4) is 0 Å². The molecule has 1 aromatic rings. The van der Waals surface area contributed by atoms with Crippen LogP contribution in [0, 0.1) is 0 Å². The van der Waals surface area contributed by atoms with Gasteiger partial charge in [0.25, 0.3) is 0 Å². The molecule has 6 heteroatoms. The van der Waals surface area contributed by atoms with E-state index in [1.807, 2.05) is 23.1 Å². The van der Waals surface area contributed by atoms with Crippen LogP contribution in [-0.2, 0) is 16.1 Å². The number of hydrogen-bond donors (Lipinski definition) is 2. The molecule has 1 fully saturated rings. The summed E-state index contributed by atoms with van der Waals surface area (Å²) in [6, 6.07) is 5.08. The van der Waals surface area contributed by atoms with Gasteiger partial charge >= 0.3 is 0 Å². The highest BCUT2D eigenvalue weighted by atomic mass is 79.9. The number of hydrogen-bond acceptors (Lipinski definition) is 4. The lowest BCUT2D eigenvalue weighted by Gasteiger charge is -2.36. The molecule has 0 aliphatic carbocycles.